The second-order valence-electron chi connectivity index (χ2n) is 4.52. The number of carbonyl (C=O) groups excluding carboxylic acids is 1. The Morgan fingerprint density at radius 3 is 2.93 bits per heavy atom. The fraction of sp³-hybridized carbons (Fsp3) is 0.909. The number of hydrogen-bond donors (Lipinski definition) is 1. The van der Waals surface area contributed by atoms with E-state index in [0.29, 0.717) is 12.0 Å². The van der Waals surface area contributed by atoms with Crippen LogP contribution >= 0.6 is 0 Å². The zero-order valence-corrected chi connectivity index (χ0v) is 8.79. The van der Waals surface area contributed by atoms with Gasteiger partial charge < -0.3 is 10.1 Å². The van der Waals surface area contributed by atoms with Crippen molar-refractivity contribution in [3.05, 3.63) is 0 Å². The fourth-order valence-electron chi connectivity index (χ4n) is 2.85. The summed E-state index contributed by atoms with van der Waals surface area (Å²) in [6.45, 7) is 0.813. The quantitative estimate of drug-likeness (QED) is 0.644. The summed E-state index contributed by atoms with van der Waals surface area (Å²) in [5.74, 6) is 0.766. The molecule has 0 unspecified atom stereocenters. The van der Waals surface area contributed by atoms with Crippen LogP contribution in [0.5, 0.6) is 0 Å². The zero-order valence-electron chi connectivity index (χ0n) is 8.79. The molecule has 3 atom stereocenters. The van der Waals surface area contributed by atoms with Crippen molar-refractivity contribution in [2.75, 3.05) is 13.7 Å². The van der Waals surface area contributed by atoms with Crippen molar-refractivity contribution in [1.82, 2.24) is 5.32 Å². The molecule has 14 heavy (non-hydrogen) atoms. The van der Waals surface area contributed by atoms with Crippen molar-refractivity contribution in [1.29, 1.82) is 0 Å². The number of fused-ring (bicyclic) bond motifs is 1. The number of nitrogens with one attached hydrogen (secondary N) is 1. The third-order valence-electron chi connectivity index (χ3n) is 3.66. The molecule has 2 aliphatic rings. The monoisotopic (exact) mass is 197 g/mol. The van der Waals surface area contributed by atoms with Crippen molar-refractivity contribution in [3.63, 3.8) is 0 Å². The summed E-state index contributed by atoms with van der Waals surface area (Å²) in [6.07, 6.45) is 6.28. The SMILES string of the molecule is COC(=O)[C@H]1CN[C@H]2CCCC[C@H]2C1. The Balaban J connectivity index is 1.92. The van der Waals surface area contributed by atoms with E-state index in [-0.39, 0.29) is 11.9 Å². The number of hydrogen-bond acceptors (Lipinski definition) is 3. The Bertz CT molecular complexity index is 217. The van der Waals surface area contributed by atoms with Crippen LogP contribution < -0.4 is 5.32 Å². The maximum atomic E-state index is 11.4. The van der Waals surface area contributed by atoms with Crippen LogP contribution in [0.1, 0.15) is 32.1 Å². The van der Waals surface area contributed by atoms with E-state index in [4.69, 9.17) is 4.74 Å². The average molecular weight is 197 g/mol. The Labute approximate surface area is 85.2 Å². The highest BCUT2D eigenvalue weighted by atomic mass is 16.5. The Hall–Kier alpha value is -0.570. The topological polar surface area (TPSA) is 38.3 Å². The first-order valence-corrected chi connectivity index (χ1v) is 5.62. The van der Waals surface area contributed by atoms with Gasteiger partial charge in [-0.15, -0.1) is 0 Å². The van der Waals surface area contributed by atoms with Crippen LogP contribution in [0.4, 0.5) is 0 Å². The number of piperidine rings is 1. The van der Waals surface area contributed by atoms with Crippen molar-refractivity contribution in [3.8, 4) is 0 Å². The maximum Gasteiger partial charge on any atom is 0.309 e. The minimum atomic E-state index is -0.0403. The highest BCUT2D eigenvalue weighted by molar-refractivity contribution is 5.72. The normalized spacial score (nSPS) is 37.4. The van der Waals surface area contributed by atoms with Gasteiger partial charge in [-0.05, 0) is 25.2 Å². The van der Waals surface area contributed by atoms with Crippen LogP contribution in [0.3, 0.4) is 0 Å². The lowest BCUT2D eigenvalue weighted by molar-refractivity contribution is -0.147. The lowest BCUT2D eigenvalue weighted by Crippen LogP contribution is -2.48. The molecule has 0 amide bonds. The lowest BCUT2D eigenvalue weighted by atomic mass is 9.76. The molecule has 2 fully saturated rings. The van der Waals surface area contributed by atoms with E-state index in [1.165, 1.54) is 32.8 Å². The van der Waals surface area contributed by atoms with Gasteiger partial charge in [0, 0.05) is 12.6 Å². The van der Waals surface area contributed by atoms with Gasteiger partial charge >= 0.3 is 5.97 Å². The molecule has 1 heterocycles. The number of ether oxygens (including phenoxy) is 1. The molecule has 1 aliphatic carbocycles. The Morgan fingerprint density at radius 2 is 2.14 bits per heavy atom. The molecule has 0 radical (unpaired) electrons. The van der Waals surface area contributed by atoms with E-state index >= 15 is 0 Å². The van der Waals surface area contributed by atoms with E-state index in [9.17, 15) is 4.79 Å². The van der Waals surface area contributed by atoms with Gasteiger partial charge in [-0.3, -0.25) is 4.79 Å². The van der Waals surface area contributed by atoms with Gasteiger partial charge in [-0.25, -0.2) is 0 Å². The Morgan fingerprint density at radius 1 is 1.36 bits per heavy atom. The summed E-state index contributed by atoms with van der Waals surface area (Å²) >= 11 is 0. The summed E-state index contributed by atoms with van der Waals surface area (Å²) in [5.41, 5.74) is 0. The van der Waals surface area contributed by atoms with Crippen LogP contribution in [0, 0.1) is 11.8 Å². The van der Waals surface area contributed by atoms with Crippen molar-refractivity contribution in [2.45, 2.75) is 38.1 Å². The molecule has 1 N–H and O–H groups in total. The predicted molar refractivity (Wildman–Crippen MR) is 53.9 cm³/mol. The zero-order chi connectivity index (χ0) is 9.97. The fourth-order valence-corrected chi connectivity index (χ4v) is 2.85. The smallest absolute Gasteiger partial charge is 0.309 e. The van der Waals surface area contributed by atoms with Crippen LogP contribution in [-0.4, -0.2) is 25.7 Å². The van der Waals surface area contributed by atoms with E-state index in [1.807, 2.05) is 0 Å². The molecule has 3 heteroatoms. The number of methoxy groups -OCH3 is 1. The summed E-state index contributed by atoms with van der Waals surface area (Å²) in [6, 6.07) is 0.671. The molecular weight excluding hydrogens is 178 g/mol. The third kappa shape index (κ3) is 1.92. The van der Waals surface area contributed by atoms with Gasteiger partial charge in [-0.1, -0.05) is 12.8 Å². The van der Waals surface area contributed by atoms with Crippen LogP contribution in [0.15, 0.2) is 0 Å². The molecule has 1 saturated heterocycles. The second kappa shape index (κ2) is 4.30. The summed E-state index contributed by atoms with van der Waals surface area (Å²) < 4.78 is 4.79. The molecule has 80 valence electrons. The third-order valence-corrected chi connectivity index (χ3v) is 3.66. The average Bonchev–Trinajstić information content (AvgIpc) is 2.27. The van der Waals surface area contributed by atoms with Gasteiger partial charge in [0.05, 0.1) is 13.0 Å². The first-order valence-electron chi connectivity index (χ1n) is 5.62. The van der Waals surface area contributed by atoms with Crippen molar-refractivity contribution in [2.24, 2.45) is 11.8 Å². The minimum absolute atomic E-state index is 0.0403. The summed E-state index contributed by atoms with van der Waals surface area (Å²) in [4.78, 5) is 11.4. The van der Waals surface area contributed by atoms with Crippen LogP contribution in [0.25, 0.3) is 0 Å². The van der Waals surface area contributed by atoms with Crippen LogP contribution in [0.2, 0.25) is 0 Å². The van der Waals surface area contributed by atoms with E-state index in [0.717, 1.165) is 13.0 Å². The second-order valence-corrected chi connectivity index (χ2v) is 4.52. The summed E-state index contributed by atoms with van der Waals surface area (Å²) in [7, 11) is 1.48. The van der Waals surface area contributed by atoms with E-state index < -0.39 is 0 Å². The maximum absolute atomic E-state index is 11.4. The number of esters is 1. The molecule has 1 aliphatic heterocycles. The minimum Gasteiger partial charge on any atom is -0.469 e. The van der Waals surface area contributed by atoms with Crippen LogP contribution in [-0.2, 0) is 9.53 Å². The van der Waals surface area contributed by atoms with Gasteiger partial charge in [0.2, 0.25) is 0 Å². The van der Waals surface area contributed by atoms with Gasteiger partial charge in [0.1, 0.15) is 0 Å². The van der Waals surface area contributed by atoms with Crippen molar-refractivity contribution < 1.29 is 9.53 Å². The molecule has 2 rings (SSSR count). The standard InChI is InChI=1S/C11H19NO2/c1-14-11(13)9-6-8-4-2-3-5-10(8)12-7-9/h8-10,12H,2-7H2,1H3/t8-,9+,10-/m0/s1. The number of carbonyl (C=O) groups is 1. The number of rotatable bonds is 1. The van der Waals surface area contributed by atoms with Gasteiger partial charge in [0.25, 0.3) is 0 Å². The highest BCUT2D eigenvalue weighted by Gasteiger charge is 2.34. The largest absolute Gasteiger partial charge is 0.469 e. The molecule has 0 aromatic heterocycles. The molecular formula is C11H19NO2. The Kier molecular flexibility index (Phi) is 3.06. The molecule has 0 aromatic rings. The molecule has 0 bridgehead atoms. The lowest BCUT2D eigenvalue weighted by Gasteiger charge is -2.39. The predicted octanol–water partition coefficient (Wildman–Crippen LogP) is 1.33. The van der Waals surface area contributed by atoms with Gasteiger partial charge in [-0.2, -0.15) is 0 Å². The molecule has 1 saturated carbocycles. The highest BCUT2D eigenvalue weighted by Crippen LogP contribution is 2.32. The summed E-state index contributed by atoms with van der Waals surface area (Å²) in [5, 5.41) is 3.49. The van der Waals surface area contributed by atoms with Crippen molar-refractivity contribution >= 4 is 5.97 Å². The van der Waals surface area contributed by atoms with E-state index in [1.54, 1.807) is 0 Å². The van der Waals surface area contributed by atoms with E-state index in [2.05, 4.69) is 5.32 Å². The van der Waals surface area contributed by atoms with Gasteiger partial charge in [0.15, 0.2) is 0 Å². The molecule has 0 aromatic carbocycles. The first-order chi connectivity index (χ1) is 6.81. The molecule has 0 spiro atoms. The molecule has 3 nitrogen and oxygen atoms in total. The first kappa shape index (κ1) is 9.97.